The van der Waals surface area contributed by atoms with Crippen molar-refractivity contribution in [3.63, 3.8) is 0 Å². The molecule has 6 nitrogen and oxygen atoms in total. The molecule has 88 valence electrons. The third-order valence-corrected chi connectivity index (χ3v) is 2.80. The molecule has 2 aromatic rings. The van der Waals surface area contributed by atoms with Gasteiger partial charge < -0.3 is 10.3 Å². The number of anilines is 1. The van der Waals surface area contributed by atoms with Crippen molar-refractivity contribution in [2.24, 2.45) is 0 Å². The smallest absolute Gasteiger partial charge is 0.278 e. The van der Waals surface area contributed by atoms with Gasteiger partial charge in [0.15, 0.2) is 11.2 Å². The Balaban J connectivity index is 2.02. The summed E-state index contributed by atoms with van der Waals surface area (Å²) in [5.74, 6) is 1.15. The van der Waals surface area contributed by atoms with E-state index in [-0.39, 0.29) is 5.56 Å². The molecule has 0 saturated carbocycles. The Bertz CT molecular complexity index is 651. The van der Waals surface area contributed by atoms with Gasteiger partial charge in [0.25, 0.3) is 5.56 Å². The maximum atomic E-state index is 11.8. The molecule has 0 aliphatic heterocycles. The molecule has 0 amide bonds. The van der Waals surface area contributed by atoms with Gasteiger partial charge in [-0.05, 0) is 26.2 Å². The number of fused-ring (bicyclic) bond motifs is 1. The Kier molecular flexibility index (Phi) is 2.21. The van der Waals surface area contributed by atoms with E-state index >= 15 is 0 Å². The molecular weight excluding hydrogens is 218 g/mol. The first kappa shape index (κ1) is 10.1. The second-order valence-corrected chi connectivity index (χ2v) is 4.18. The largest absolute Gasteiger partial charge is 0.336 e. The Morgan fingerprint density at radius 2 is 2.24 bits per heavy atom. The fourth-order valence-corrected chi connectivity index (χ4v) is 2.02. The van der Waals surface area contributed by atoms with E-state index in [9.17, 15) is 4.79 Å². The van der Waals surface area contributed by atoms with Gasteiger partial charge in [-0.2, -0.15) is 4.98 Å². The van der Waals surface area contributed by atoms with Gasteiger partial charge in [0.05, 0.1) is 0 Å². The Morgan fingerprint density at radius 3 is 3.00 bits per heavy atom. The zero-order valence-corrected chi connectivity index (χ0v) is 9.50. The quantitative estimate of drug-likeness (QED) is 0.729. The first-order chi connectivity index (χ1) is 8.22. The summed E-state index contributed by atoms with van der Waals surface area (Å²) in [5, 5.41) is 3.12. The highest BCUT2D eigenvalue weighted by atomic mass is 16.1. The molecule has 0 aromatic carbocycles. The van der Waals surface area contributed by atoms with Crippen LogP contribution in [0.1, 0.15) is 25.1 Å². The van der Waals surface area contributed by atoms with Crippen molar-refractivity contribution in [1.29, 1.82) is 0 Å². The minimum atomic E-state index is -0.198. The number of H-pyrrole nitrogens is 2. The van der Waals surface area contributed by atoms with Gasteiger partial charge in [0.1, 0.15) is 5.82 Å². The topological polar surface area (TPSA) is 86.5 Å². The number of imidazole rings is 1. The minimum absolute atomic E-state index is 0.198. The van der Waals surface area contributed by atoms with Crippen LogP contribution >= 0.6 is 0 Å². The summed E-state index contributed by atoms with van der Waals surface area (Å²) < 4.78 is 0. The van der Waals surface area contributed by atoms with Crippen LogP contribution in [0.5, 0.6) is 0 Å². The summed E-state index contributed by atoms with van der Waals surface area (Å²) in [6.45, 7) is 1.80. The van der Waals surface area contributed by atoms with Crippen molar-refractivity contribution in [3.05, 3.63) is 28.0 Å². The van der Waals surface area contributed by atoms with E-state index in [1.54, 1.807) is 6.92 Å². The lowest BCUT2D eigenvalue weighted by Crippen LogP contribution is -2.12. The molecule has 0 radical (unpaired) electrons. The third-order valence-electron chi connectivity index (χ3n) is 2.80. The number of rotatable bonds is 2. The van der Waals surface area contributed by atoms with E-state index in [1.807, 2.05) is 0 Å². The highest BCUT2D eigenvalue weighted by Gasteiger charge is 2.10. The third kappa shape index (κ3) is 1.82. The molecule has 1 aliphatic rings. The molecule has 0 atom stereocenters. The second kappa shape index (κ2) is 3.73. The highest BCUT2D eigenvalue weighted by molar-refractivity contribution is 5.70. The van der Waals surface area contributed by atoms with Crippen molar-refractivity contribution < 1.29 is 0 Å². The predicted octanol–water partition coefficient (Wildman–Crippen LogP) is 1.43. The first-order valence-corrected chi connectivity index (χ1v) is 5.65. The van der Waals surface area contributed by atoms with E-state index in [1.165, 1.54) is 0 Å². The van der Waals surface area contributed by atoms with E-state index in [0.29, 0.717) is 22.9 Å². The van der Waals surface area contributed by atoms with Gasteiger partial charge in [-0.15, -0.1) is 0 Å². The zero-order valence-electron chi connectivity index (χ0n) is 9.50. The fraction of sp³-hybridized carbons (Fsp3) is 0.364. The Morgan fingerprint density at radius 1 is 1.35 bits per heavy atom. The van der Waals surface area contributed by atoms with Crippen LogP contribution in [0.3, 0.4) is 0 Å². The van der Waals surface area contributed by atoms with Crippen LogP contribution in [0.15, 0.2) is 16.6 Å². The van der Waals surface area contributed by atoms with Crippen LogP contribution in [0.25, 0.3) is 11.2 Å². The summed E-state index contributed by atoms with van der Waals surface area (Å²) >= 11 is 0. The van der Waals surface area contributed by atoms with Crippen molar-refractivity contribution in [3.8, 4) is 0 Å². The number of nitrogens with one attached hydrogen (secondary N) is 3. The fourth-order valence-electron chi connectivity index (χ4n) is 2.02. The molecular formula is C11H13N5O. The van der Waals surface area contributed by atoms with Crippen LogP contribution in [0.2, 0.25) is 0 Å². The molecule has 3 N–H and O–H groups in total. The molecule has 0 spiro atoms. The van der Waals surface area contributed by atoms with Crippen molar-refractivity contribution in [2.75, 3.05) is 5.32 Å². The molecule has 2 aromatic heterocycles. The van der Waals surface area contributed by atoms with Crippen LogP contribution in [0, 0.1) is 6.92 Å². The summed E-state index contributed by atoms with van der Waals surface area (Å²) in [7, 11) is 0. The number of aromatic amines is 2. The number of hydrogen-bond donors (Lipinski definition) is 3. The number of allylic oxidation sites excluding steroid dienone is 2. The monoisotopic (exact) mass is 231 g/mol. The molecule has 3 rings (SSSR count). The van der Waals surface area contributed by atoms with E-state index in [2.05, 4.69) is 31.3 Å². The van der Waals surface area contributed by atoms with Gasteiger partial charge in [-0.1, -0.05) is 6.08 Å². The second-order valence-electron chi connectivity index (χ2n) is 4.18. The van der Waals surface area contributed by atoms with E-state index in [0.717, 1.165) is 25.0 Å². The molecule has 0 bridgehead atoms. The van der Waals surface area contributed by atoms with Gasteiger partial charge in [-0.25, -0.2) is 4.98 Å². The average Bonchev–Trinajstić information content (AvgIpc) is 2.87. The average molecular weight is 231 g/mol. The lowest BCUT2D eigenvalue weighted by molar-refractivity contribution is 0.905. The van der Waals surface area contributed by atoms with Crippen LogP contribution in [-0.4, -0.2) is 19.9 Å². The molecule has 1 aliphatic carbocycles. The summed E-state index contributed by atoms with van der Waals surface area (Å²) in [5.41, 5.74) is 1.79. The maximum Gasteiger partial charge on any atom is 0.278 e. The van der Waals surface area contributed by atoms with Crippen LogP contribution < -0.4 is 10.9 Å². The van der Waals surface area contributed by atoms with Gasteiger partial charge in [-0.3, -0.25) is 9.78 Å². The van der Waals surface area contributed by atoms with E-state index in [4.69, 9.17) is 0 Å². The molecule has 6 heteroatoms. The molecule has 17 heavy (non-hydrogen) atoms. The van der Waals surface area contributed by atoms with Crippen LogP contribution in [0.4, 0.5) is 5.95 Å². The van der Waals surface area contributed by atoms with E-state index < -0.39 is 0 Å². The number of hydrogen-bond acceptors (Lipinski definition) is 4. The number of aromatic nitrogens is 4. The SMILES string of the molecule is Cc1nc2nc(NC3=CCCC3)[nH]c(=O)c2[nH]1. The number of aryl methyl sites for hydroxylation is 1. The lowest BCUT2D eigenvalue weighted by Gasteiger charge is -2.04. The van der Waals surface area contributed by atoms with Crippen LogP contribution in [-0.2, 0) is 0 Å². The maximum absolute atomic E-state index is 11.8. The Hall–Kier alpha value is -2.11. The Labute approximate surface area is 97.2 Å². The lowest BCUT2D eigenvalue weighted by atomic mass is 10.3. The summed E-state index contributed by atoms with van der Waals surface area (Å²) in [4.78, 5) is 25.8. The minimum Gasteiger partial charge on any atom is -0.336 e. The highest BCUT2D eigenvalue weighted by Crippen LogP contribution is 2.18. The standard InChI is InChI=1S/C11H13N5O/c1-6-12-8-9(13-6)15-11(16-10(8)17)14-7-4-2-3-5-7/h4H,2-3,5H2,1H3,(H3,12,13,14,15,16,17). The summed E-state index contributed by atoms with van der Waals surface area (Å²) in [6.07, 6.45) is 5.36. The molecule has 0 fully saturated rings. The molecule has 0 saturated heterocycles. The van der Waals surface area contributed by atoms with Gasteiger partial charge in [0.2, 0.25) is 5.95 Å². The van der Waals surface area contributed by atoms with Gasteiger partial charge in [0, 0.05) is 5.70 Å². The first-order valence-electron chi connectivity index (χ1n) is 5.65. The van der Waals surface area contributed by atoms with Crippen molar-refractivity contribution in [2.45, 2.75) is 26.2 Å². The normalized spacial score (nSPS) is 15.2. The van der Waals surface area contributed by atoms with Gasteiger partial charge >= 0.3 is 0 Å². The zero-order chi connectivity index (χ0) is 11.8. The van der Waals surface area contributed by atoms with Crippen molar-refractivity contribution in [1.82, 2.24) is 19.9 Å². The molecule has 2 heterocycles. The molecule has 0 unspecified atom stereocenters. The van der Waals surface area contributed by atoms with Crippen molar-refractivity contribution >= 4 is 17.1 Å². The summed E-state index contributed by atoms with van der Waals surface area (Å²) in [6, 6.07) is 0. The number of nitrogens with zero attached hydrogens (tertiary/aromatic N) is 2. The predicted molar refractivity (Wildman–Crippen MR) is 64.8 cm³/mol.